The molecular weight excluding hydrogens is 104 g/mol. The number of hydrogen-bond donors (Lipinski definition) is 2. The first kappa shape index (κ1) is 7.17. The first-order valence-electron chi connectivity index (χ1n) is 2.36. The van der Waals surface area contributed by atoms with Crippen LogP contribution in [-0.2, 0) is 4.79 Å². The first-order chi connectivity index (χ1) is 3.81. The van der Waals surface area contributed by atoms with E-state index >= 15 is 0 Å². The molecule has 0 heterocycles. The number of carbonyl (C=O) groups excluding carboxylic acids is 1. The van der Waals surface area contributed by atoms with E-state index in [0.29, 0.717) is 6.54 Å². The van der Waals surface area contributed by atoms with E-state index in [9.17, 15) is 4.79 Å². The Labute approximate surface area is 48.8 Å². The maximum atomic E-state index is 10.4. The van der Waals surface area contributed by atoms with Crippen LogP contribution in [0.15, 0.2) is 12.8 Å². The van der Waals surface area contributed by atoms with E-state index in [1.165, 1.54) is 6.20 Å². The molecule has 0 unspecified atom stereocenters. The third-order valence-corrected chi connectivity index (χ3v) is 0.600. The van der Waals surface area contributed by atoms with Crippen LogP contribution in [0.3, 0.4) is 0 Å². The molecule has 0 bridgehead atoms. The molecule has 1 amide bonds. The Hall–Kier alpha value is -0.830. The monoisotopic (exact) mass is 114 g/mol. The lowest BCUT2D eigenvalue weighted by molar-refractivity contribution is -0.119. The minimum Gasteiger partial charge on any atom is -0.332 e. The summed E-state index contributed by atoms with van der Waals surface area (Å²) in [6, 6.07) is 0. The van der Waals surface area contributed by atoms with Gasteiger partial charge in [0, 0.05) is 0 Å². The molecule has 0 fully saturated rings. The lowest BCUT2D eigenvalue weighted by Gasteiger charge is -1.94. The fourth-order valence-electron chi connectivity index (χ4n) is 0.325. The van der Waals surface area contributed by atoms with Crippen LogP contribution in [0.25, 0.3) is 0 Å². The zero-order chi connectivity index (χ0) is 6.41. The van der Waals surface area contributed by atoms with E-state index in [2.05, 4.69) is 17.2 Å². The number of nitrogens with one attached hydrogen (secondary N) is 2. The van der Waals surface area contributed by atoms with Crippen molar-refractivity contribution in [2.45, 2.75) is 0 Å². The van der Waals surface area contributed by atoms with E-state index < -0.39 is 0 Å². The Balaban J connectivity index is 3.18. The highest BCUT2D eigenvalue weighted by Gasteiger charge is 1.90. The van der Waals surface area contributed by atoms with Gasteiger partial charge < -0.3 is 10.6 Å². The average molecular weight is 114 g/mol. The number of amides is 1. The summed E-state index contributed by atoms with van der Waals surface area (Å²) in [5.74, 6) is -0.0671. The standard InChI is InChI=1S/C5H10N2O/c1-3-7-5(8)4-6-2/h3,6H,1,4H2,2H3,(H,7,8). The molecule has 0 aromatic carbocycles. The van der Waals surface area contributed by atoms with Crippen molar-refractivity contribution in [3.8, 4) is 0 Å². The van der Waals surface area contributed by atoms with Crippen molar-refractivity contribution in [2.24, 2.45) is 0 Å². The van der Waals surface area contributed by atoms with Crippen LogP contribution in [0.5, 0.6) is 0 Å². The SMILES string of the molecule is C=CNC(=O)CNC. The van der Waals surface area contributed by atoms with Crippen LogP contribution in [0.1, 0.15) is 0 Å². The summed E-state index contributed by atoms with van der Waals surface area (Å²) in [5.41, 5.74) is 0. The van der Waals surface area contributed by atoms with Gasteiger partial charge in [0.05, 0.1) is 6.54 Å². The fourth-order valence-corrected chi connectivity index (χ4v) is 0.325. The van der Waals surface area contributed by atoms with Crippen LogP contribution in [-0.4, -0.2) is 19.5 Å². The molecule has 46 valence electrons. The first-order valence-corrected chi connectivity index (χ1v) is 2.36. The number of hydrogen-bond acceptors (Lipinski definition) is 2. The maximum absolute atomic E-state index is 10.4. The summed E-state index contributed by atoms with van der Waals surface area (Å²) in [6.07, 6.45) is 1.36. The van der Waals surface area contributed by atoms with Gasteiger partial charge in [0.25, 0.3) is 0 Å². The van der Waals surface area contributed by atoms with Gasteiger partial charge in [-0.3, -0.25) is 4.79 Å². The Morgan fingerprint density at radius 3 is 2.88 bits per heavy atom. The van der Waals surface area contributed by atoms with E-state index in [4.69, 9.17) is 0 Å². The van der Waals surface area contributed by atoms with Gasteiger partial charge in [0.1, 0.15) is 0 Å². The summed E-state index contributed by atoms with van der Waals surface area (Å²) in [6.45, 7) is 3.66. The van der Waals surface area contributed by atoms with Gasteiger partial charge in [-0.15, -0.1) is 0 Å². The molecule has 0 radical (unpaired) electrons. The second-order valence-corrected chi connectivity index (χ2v) is 1.30. The minimum atomic E-state index is -0.0671. The highest BCUT2D eigenvalue weighted by molar-refractivity contribution is 5.78. The Bertz CT molecular complexity index is 90.4. The molecule has 3 heteroatoms. The summed E-state index contributed by atoms with van der Waals surface area (Å²) in [5, 5.41) is 5.10. The summed E-state index contributed by atoms with van der Waals surface area (Å²) in [7, 11) is 1.71. The van der Waals surface area contributed by atoms with Crippen molar-refractivity contribution in [1.29, 1.82) is 0 Å². The molecule has 0 aromatic rings. The normalized spacial score (nSPS) is 8.12. The minimum absolute atomic E-state index is 0.0671. The molecule has 0 rings (SSSR count). The molecule has 0 aromatic heterocycles. The second kappa shape index (κ2) is 4.33. The quantitative estimate of drug-likeness (QED) is 0.517. The Morgan fingerprint density at radius 1 is 1.88 bits per heavy atom. The largest absolute Gasteiger partial charge is 0.332 e. The van der Waals surface area contributed by atoms with Gasteiger partial charge in [-0.25, -0.2) is 0 Å². The van der Waals surface area contributed by atoms with Crippen molar-refractivity contribution < 1.29 is 4.79 Å². The summed E-state index contributed by atoms with van der Waals surface area (Å²) in [4.78, 5) is 10.4. The van der Waals surface area contributed by atoms with Gasteiger partial charge in [0.2, 0.25) is 5.91 Å². The van der Waals surface area contributed by atoms with E-state index in [0.717, 1.165) is 0 Å². The third-order valence-electron chi connectivity index (χ3n) is 0.600. The van der Waals surface area contributed by atoms with Crippen LogP contribution in [0.2, 0.25) is 0 Å². The molecule has 0 atom stereocenters. The van der Waals surface area contributed by atoms with Crippen LogP contribution in [0.4, 0.5) is 0 Å². The third kappa shape index (κ3) is 3.36. The van der Waals surface area contributed by atoms with E-state index in [1.807, 2.05) is 0 Å². The van der Waals surface area contributed by atoms with Gasteiger partial charge in [0.15, 0.2) is 0 Å². The molecule has 0 aliphatic rings. The number of carbonyl (C=O) groups is 1. The number of likely N-dealkylation sites (N-methyl/N-ethyl adjacent to an activating group) is 1. The molecule has 0 aliphatic heterocycles. The number of rotatable bonds is 3. The Kier molecular flexibility index (Phi) is 3.88. The highest BCUT2D eigenvalue weighted by atomic mass is 16.1. The van der Waals surface area contributed by atoms with Crippen molar-refractivity contribution in [3.63, 3.8) is 0 Å². The molecule has 3 nitrogen and oxygen atoms in total. The zero-order valence-corrected chi connectivity index (χ0v) is 4.90. The lowest BCUT2D eigenvalue weighted by Crippen LogP contribution is -2.28. The van der Waals surface area contributed by atoms with E-state index in [-0.39, 0.29) is 5.91 Å². The summed E-state index contributed by atoms with van der Waals surface area (Å²) >= 11 is 0. The van der Waals surface area contributed by atoms with Gasteiger partial charge in [-0.1, -0.05) is 6.58 Å². The van der Waals surface area contributed by atoms with Gasteiger partial charge in [-0.05, 0) is 13.2 Å². The fraction of sp³-hybridized carbons (Fsp3) is 0.400. The maximum Gasteiger partial charge on any atom is 0.237 e. The van der Waals surface area contributed by atoms with Crippen LogP contribution >= 0.6 is 0 Å². The van der Waals surface area contributed by atoms with Crippen molar-refractivity contribution in [1.82, 2.24) is 10.6 Å². The summed E-state index contributed by atoms with van der Waals surface area (Å²) < 4.78 is 0. The highest BCUT2D eigenvalue weighted by Crippen LogP contribution is 1.58. The van der Waals surface area contributed by atoms with Crippen molar-refractivity contribution >= 4 is 5.91 Å². The molecule has 0 saturated heterocycles. The molecule has 8 heavy (non-hydrogen) atoms. The molecule has 0 spiro atoms. The zero-order valence-electron chi connectivity index (χ0n) is 4.90. The average Bonchev–Trinajstić information content (AvgIpc) is 1.68. The molecule has 2 N–H and O–H groups in total. The Morgan fingerprint density at radius 2 is 2.50 bits per heavy atom. The van der Waals surface area contributed by atoms with Crippen molar-refractivity contribution in [3.05, 3.63) is 12.8 Å². The second-order valence-electron chi connectivity index (χ2n) is 1.30. The van der Waals surface area contributed by atoms with Gasteiger partial charge in [-0.2, -0.15) is 0 Å². The predicted octanol–water partition coefficient (Wildman–Crippen LogP) is -0.535. The van der Waals surface area contributed by atoms with Gasteiger partial charge >= 0.3 is 0 Å². The van der Waals surface area contributed by atoms with Crippen LogP contribution in [0, 0.1) is 0 Å². The van der Waals surface area contributed by atoms with Crippen molar-refractivity contribution in [2.75, 3.05) is 13.6 Å². The smallest absolute Gasteiger partial charge is 0.237 e. The molecule has 0 aliphatic carbocycles. The predicted molar refractivity (Wildman–Crippen MR) is 32.3 cm³/mol. The van der Waals surface area contributed by atoms with E-state index in [1.54, 1.807) is 7.05 Å². The lowest BCUT2D eigenvalue weighted by atomic mass is 10.6. The van der Waals surface area contributed by atoms with Crippen LogP contribution < -0.4 is 10.6 Å². The topological polar surface area (TPSA) is 41.1 Å². The molecule has 0 saturated carbocycles. The molecular formula is C5H10N2O.